The minimum Gasteiger partial charge on any atom is -0.397 e. The third-order valence-corrected chi connectivity index (χ3v) is 6.72. The summed E-state index contributed by atoms with van der Waals surface area (Å²) in [5, 5.41) is 24.2. The number of anilines is 1. The van der Waals surface area contributed by atoms with E-state index in [0.717, 1.165) is 12.0 Å². The molecule has 1 aliphatic rings. The van der Waals surface area contributed by atoms with Gasteiger partial charge in [-0.2, -0.15) is 0 Å². The molecular formula is C27H38N6O4. The van der Waals surface area contributed by atoms with Gasteiger partial charge in [0, 0.05) is 32.3 Å². The zero-order chi connectivity index (χ0) is 26.5. The van der Waals surface area contributed by atoms with Gasteiger partial charge in [0.05, 0.1) is 12.0 Å². The summed E-state index contributed by atoms with van der Waals surface area (Å²) < 4.78 is 7.60. The van der Waals surface area contributed by atoms with Crippen LogP contribution in [0.3, 0.4) is 0 Å². The largest absolute Gasteiger partial charge is 0.397 e. The molecule has 10 heteroatoms. The zero-order valence-corrected chi connectivity index (χ0v) is 21.7. The van der Waals surface area contributed by atoms with Crippen LogP contribution in [0.4, 0.5) is 5.69 Å². The zero-order valence-electron chi connectivity index (χ0n) is 21.7. The highest BCUT2D eigenvalue weighted by Crippen LogP contribution is 2.32. The molecule has 4 rings (SSSR count). The number of nitrogens with two attached hydrogens (primary N) is 1. The van der Waals surface area contributed by atoms with Gasteiger partial charge >= 0.3 is 0 Å². The number of aliphatic hydroxyl groups is 2. The molecule has 1 aliphatic heterocycles. The van der Waals surface area contributed by atoms with Gasteiger partial charge in [-0.15, -0.1) is 0 Å². The van der Waals surface area contributed by atoms with Crippen molar-refractivity contribution in [2.75, 3.05) is 32.4 Å². The fourth-order valence-corrected chi connectivity index (χ4v) is 4.69. The Morgan fingerprint density at radius 1 is 1.16 bits per heavy atom. The molecule has 0 saturated carbocycles. The first-order valence-corrected chi connectivity index (χ1v) is 12.8. The lowest BCUT2D eigenvalue weighted by Crippen LogP contribution is -2.41. The number of carbonyl (C=O) groups excluding carboxylic acids is 1. The summed E-state index contributed by atoms with van der Waals surface area (Å²) in [7, 11) is 1.88. The van der Waals surface area contributed by atoms with E-state index in [1.54, 1.807) is 16.8 Å². The summed E-state index contributed by atoms with van der Waals surface area (Å²) in [6.45, 7) is 5.85. The van der Waals surface area contributed by atoms with Crippen molar-refractivity contribution in [1.29, 1.82) is 0 Å². The molecule has 1 saturated heterocycles. The third-order valence-electron chi connectivity index (χ3n) is 6.72. The molecular weight excluding hydrogens is 472 g/mol. The van der Waals surface area contributed by atoms with Crippen molar-refractivity contribution in [2.45, 2.75) is 57.6 Å². The van der Waals surface area contributed by atoms with Gasteiger partial charge in [0.1, 0.15) is 23.8 Å². The molecule has 1 amide bonds. The fourth-order valence-electron chi connectivity index (χ4n) is 4.69. The highest BCUT2D eigenvalue weighted by molar-refractivity contribution is 5.83. The second-order valence-corrected chi connectivity index (χ2v) is 10.3. The molecule has 0 aliphatic carbocycles. The van der Waals surface area contributed by atoms with Crippen LogP contribution in [0.5, 0.6) is 0 Å². The van der Waals surface area contributed by atoms with Crippen LogP contribution in [0.25, 0.3) is 11.2 Å². The van der Waals surface area contributed by atoms with E-state index < -0.39 is 24.5 Å². The average molecular weight is 511 g/mol. The first-order valence-electron chi connectivity index (χ1n) is 12.8. The number of amides is 1. The normalized spacial score (nSPS) is 21.8. The second kappa shape index (κ2) is 12.0. The van der Waals surface area contributed by atoms with Gasteiger partial charge in [0.25, 0.3) is 0 Å². The smallest absolute Gasteiger partial charge is 0.220 e. The maximum absolute atomic E-state index is 12.3. The molecule has 1 aromatic carbocycles. The highest BCUT2D eigenvalue weighted by Gasteiger charge is 2.44. The Balaban J connectivity index is 1.20. The van der Waals surface area contributed by atoms with Gasteiger partial charge in [0.15, 0.2) is 11.9 Å². The van der Waals surface area contributed by atoms with Crippen molar-refractivity contribution in [3.63, 3.8) is 0 Å². The van der Waals surface area contributed by atoms with Gasteiger partial charge in [0.2, 0.25) is 5.91 Å². The van der Waals surface area contributed by atoms with Crippen LogP contribution < -0.4 is 11.1 Å². The Bertz CT molecular complexity index is 1180. The minimum absolute atomic E-state index is 0.00560. The molecule has 1 fully saturated rings. The highest BCUT2D eigenvalue weighted by atomic mass is 16.6. The Kier molecular flexibility index (Phi) is 8.75. The van der Waals surface area contributed by atoms with E-state index in [4.69, 9.17) is 10.5 Å². The Morgan fingerprint density at radius 3 is 2.62 bits per heavy atom. The van der Waals surface area contributed by atoms with E-state index in [1.165, 1.54) is 11.9 Å². The van der Waals surface area contributed by atoms with E-state index in [-0.39, 0.29) is 5.91 Å². The van der Waals surface area contributed by atoms with Crippen LogP contribution in [0, 0.1) is 5.92 Å². The number of imidazole rings is 1. The van der Waals surface area contributed by atoms with Crippen LogP contribution in [-0.4, -0.2) is 80.5 Å². The molecule has 37 heavy (non-hydrogen) atoms. The number of rotatable bonds is 11. The number of hydrogen-bond acceptors (Lipinski definition) is 8. The number of hydrogen-bond donors (Lipinski definition) is 4. The number of nitrogens with one attached hydrogen (secondary N) is 1. The maximum Gasteiger partial charge on any atom is 0.220 e. The molecule has 0 bridgehead atoms. The van der Waals surface area contributed by atoms with Crippen LogP contribution in [0.2, 0.25) is 0 Å². The molecule has 0 unspecified atom stereocenters. The number of nitrogens with zero attached hydrogens (tertiary/aromatic N) is 4. The van der Waals surface area contributed by atoms with E-state index in [0.29, 0.717) is 55.2 Å². The summed E-state index contributed by atoms with van der Waals surface area (Å²) in [6, 6.07) is 10.1. The molecule has 0 spiro atoms. The SMILES string of the molecule is CC(C)Cc1ccc(CCC(=O)NCCN(C)C[C@H]2O[C@@H](n3cnc4c(N)ccnc43)[C@H](O)[C@@H]2O)cc1. The summed E-state index contributed by atoms with van der Waals surface area (Å²) in [5.41, 5.74) is 9.92. The van der Waals surface area contributed by atoms with Gasteiger partial charge in [-0.1, -0.05) is 38.1 Å². The van der Waals surface area contributed by atoms with Crippen LogP contribution >= 0.6 is 0 Å². The molecule has 2 aromatic heterocycles. The quantitative estimate of drug-likeness (QED) is 0.305. The number of aliphatic hydroxyl groups excluding tert-OH is 2. The molecule has 10 nitrogen and oxygen atoms in total. The molecule has 5 N–H and O–H groups in total. The number of likely N-dealkylation sites (N-methyl/N-ethyl adjacent to an activating group) is 1. The lowest BCUT2D eigenvalue weighted by atomic mass is 10.0. The van der Waals surface area contributed by atoms with Crippen molar-refractivity contribution in [2.24, 2.45) is 5.92 Å². The Hall–Kier alpha value is -3.05. The fraction of sp³-hybridized carbons (Fsp3) is 0.519. The number of nitrogen functional groups attached to an aromatic ring is 1. The maximum atomic E-state index is 12.3. The van der Waals surface area contributed by atoms with Crippen molar-refractivity contribution < 1.29 is 19.7 Å². The topological polar surface area (TPSA) is 139 Å². The number of aryl methyl sites for hydroxylation is 1. The summed E-state index contributed by atoms with van der Waals surface area (Å²) in [4.78, 5) is 22.8. The van der Waals surface area contributed by atoms with Gasteiger partial charge in [-0.25, -0.2) is 9.97 Å². The summed E-state index contributed by atoms with van der Waals surface area (Å²) in [5.74, 6) is 0.630. The number of fused-ring (bicyclic) bond motifs is 1. The van der Waals surface area contributed by atoms with Crippen molar-refractivity contribution in [1.82, 2.24) is 24.8 Å². The number of ether oxygens (including phenoxy) is 1. The van der Waals surface area contributed by atoms with Crippen molar-refractivity contribution in [3.05, 3.63) is 54.0 Å². The monoisotopic (exact) mass is 510 g/mol. The van der Waals surface area contributed by atoms with E-state index in [2.05, 4.69) is 53.4 Å². The first-order chi connectivity index (χ1) is 17.7. The Labute approximate surface area is 217 Å². The van der Waals surface area contributed by atoms with Gasteiger partial charge in [-0.05, 0) is 43.0 Å². The van der Waals surface area contributed by atoms with Gasteiger partial charge in [-0.3, -0.25) is 9.36 Å². The predicted molar refractivity (Wildman–Crippen MR) is 142 cm³/mol. The van der Waals surface area contributed by atoms with Crippen molar-refractivity contribution >= 4 is 22.8 Å². The number of carbonyl (C=O) groups is 1. The lowest BCUT2D eigenvalue weighted by molar-refractivity contribution is -0.121. The molecule has 4 atom stereocenters. The number of benzene rings is 1. The standard InChI is InChI=1S/C27H38N6O4/c1-17(2)14-19-6-4-18(5-7-19)8-9-22(34)29-12-13-32(3)15-21-24(35)25(36)27(37-21)33-16-31-23-20(28)10-11-30-26(23)33/h4-7,10-11,16-17,21,24-25,27,35-36H,8-9,12-15H2,1-3H3,(H2,28,30)(H,29,34)/t21-,24-,25-,27-/m1/s1. The molecule has 0 radical (unpaired) electrons. The number of pyridine rings is 1. The third kappa shape index (κ3) is 6.64. The lowest BCUT2D eigenvalue weighted by Gasteiger charge is -2.22. The van der Waals surface area contributed by atoms with E-state index in [1.807, 2.05) is 11.9 Å². The van der Waals surface area contributed by atoms with Crippen LogP contribution in [0.15, 0.2) is 42.9 Å². The van der Waals surface area contributed by atoms with E-state index >= 15 is 0 Å². The number of aromatic nitrogens is 3. The van der Waals surface area contributed by atoms with Crippen LogP contribution in [0.1, 0.15) is 37.6 Å². The van der Waals surface area contributed by atoms with Crippen molar-refractivity contribution in [3.8, 4) is 0 Å². The van der Waals surface area contributed by atoms with Crippen LogP contribution in [-0.2, 0) is 22.4 Å². The molecule has 200 valence electrons. The first kappa shape index (κ1) is 27.0. The summed E-state index contributed by atoms with van der Waals surface area (Å²) >= 11 is 0. The Morgan fingerprint density at radius 2 is 1.89 bits per heavy atom. The summed E-state index contributed by atoms with van der Waals surface area (Å²) in [6.07, 6.45) is 1.61. The predicted octanol–water partition coefficient (Wildman–Crippen LogP) is 1.51. The second-order valence-electron chi connectivity index (χ2n) is 10.3. The minimum atomic E-state index is -1.14. The molecule has 3 aromatic rings. The van der Waals surface area contributed by atoms with E-state index in [9.17, 15) is 15.0 Å². The van der Waals surface area contributed by atoms with Gasteiger partial charge < -0.3 is 30.9 Å². The average Bonchev–Trinajstić information content (AvgIpc) is 3.41. The molecule has 3 heterocycles.